The summed E-state index contributed by atoms with van der Waals surface area (Å²) in [5.74, 6) is 0.652. The van der Waals surface area contributed by atoms with E-state index in [0.29, 0.717) is 24.5 Å². The van der Waals surface area contributed by atoms with E-state index in [-0.39, 0.29) is 18.3 Å². The summed E-state index contributed by atoms with van der Waals surface area (Å²) in [6.45, 7) is 2.09. The van der Waals surface area contributed by atoms with Crippen molar-refractivity contribution in [2.24, 2.45) is 0 Å². The number of hydrogen-bond acceptors (Lipinski definition) is 4. The van der Waals surface area contributed by atoms with Crippen molar-refractivity contribution in [2.75, 3.05) is 20.1 Å². The van der Waals surface area contributed by atoms with Gasteiger partial charge in [0.2, 0.25) is 0 Å². The fraction of sp³-hybridized carbons (Fsp3) is 0.312. The SMILES string of the molecule is CNCCCNC(=O)c1cccc(OCc2cccs2)c1.Cl. The topological polar surface area (TPSA) is 50.4 Å². The highest BCUT2D eigenvalue weighted by Crippen LogP contribution is 2.17. The number of halogens is 1. The van der Waals surface area contributed by atoms with Crippen LogP contribution < -0.4 is 15.4 Å². The molecule has 0 aliphatic heterocycles. The molecule has 0 spiro atoms. The molecule has 0 saturated carbocycles. The molecule has 1 amide bonds. The lowest BCUT2D eigenvalue weighted by molar-refractivity contribution is 0.0953. The van der Waals surface area contributed by atoms with Gasteiger partial charge in [-0.2, -0.15) is 0 Å². The first-order valence-corrected chi connectivity index (χ1v) is 7.85. The summed E-state index contributed by atoms with van der Waals surface area (Å²) in [5.41, 5.74) is 0.628. The van der Waals surface area contributed by atoms with Crippen molar-refractivity contribution in [1.29, 1.82) is 0 Å². The summed E-state index contributed by atoms with van der Waals surface area (Å²) in [6, 6.07) is 11.3. The van der Waals surface area contributed by atoms with E-state index in [9.17, 15) is 4.79 Å². The number of thiophene rings is 1. The molecular weight excluding hydrogens is 320 g/mol. The summed E-state index contributed by atoms with van der Waals surface area (Å²) in [5, 5.41) is 7.97. The summed E-state index contributed by atoms with van der Waals surface area (Å²) in [7, 11) is 1.90. The Labute approximate surface area is 141 Å². The van der Waals surface area contributed by atoms with Crippen LogP contribution in [0, 0.1) is 0 Å². The molecule has 22 heavy (non-hydrogen) atoms. The van der Waals surface area contributed by atoms with Crippen LogP contribution in [0.25, 0.3) is 0 Å². The first-order valence-electron chi connectivity index (χ1n) is 6.97. The third-order valence-corrected chi connectivity index (χ3v) is 3.80. The van der Waals surface area contributed by atoms with Gasteiger partial charge in [0.1, 0.15) is 12.4 Å². The van der Waals surface area contributed by atoms with Crippen LogP contribution in [0.15, 0.2) is 41.8 Å². The lowest BCUT2D eigenvalue weighted by atomic mass is 10.2. The van der Waals surface area contributed by atoms with Gasteiger partial charge in [0, 0.05) is 17.0 Å². The Bertz CT molecular complexity index is 561. The van der Waals surface area contributed by atoms with E-state index in [2.05, 4.69) is 10.6 Å². The molecule has 1 aromatic heterocycles. The molecule has 0 atom stereocenters. The van der Waals surface area contributed by atoms with Crippen LogP contribution in [-0.4, -0.2) is 26.0 Å². The monoisotopic (exact) mass is 340 g/mol. The summed E-state index contributed by atoms with van der Waals surface area (Å²) in [6.07, 6.45) is 0.914. The van der Waals surface area contributed by atoms with Crippen molar-refractivity contribution in [2.45, 2.75) is 13.0 Å². The minimum absolute atomic E-state index is 0. The highest BCUT2D eigenvalue weighted by molar-refractivity contribution is 7.09. The summed E-state index contributed by atoms with van der Waals surface area (Å²) in [4.78, 5) is 13.2. The second-order valence-electron chi connectivity index (χ2n) is 4.61. The third kappa shape index (κ3) is 6.05. The van der Waals surface area contributed by atoms with Crippen LogP contribution in [-0.2, 0) is 6.61 Å². The molecule has 0 aliphatic rings. The van der Waals surface area contributed by atoms with Crippen LogP contribution in [0.3, 0.4) is 0 Å². The fourth-order valence-corrected chi connectivity index (χ4v) is 2.46. The third-order valence-electron chi connectivity index (χ3n) is 2.95. The van der Waals surface area contributed by atoms with Gasteiger partial charge in [0.15, 0.2) is 0 Å². The number of carbonyl (C=O) groups is 1. The van der Waals surface area contributed by atoms with Crippen LogP contribution in [0.2, 0.25) is 0 Å². The first-order chi connectivity index (χ1) is 10.3. The maximum absolute atomic E-state index is 12.0. The molecule has 6 heteroatoms. The van der Waals surface area contributed by atoms with Crippen LogP contribution in [0.1, 0.15) is 21.7 Å². The lowest BCUT2D eigenvalue weighted by Gasteiger charge is -2.08. The number of amides is 1. The quantitative estimate of drug-likeness (QED) is 0.726. The van der Waals surface area contributed by atoms with Gasteiger partial charge < -0.3 is 15.4 Å². The normalized spacial score (nSPS) is 9.86. The molecule has 0 bridgehead atoms. The van der Waals surface area contributed by atoms with Crippen molar-refractivity contribution < 1.29 is 9.53 Å². The fourth-order valence-electron chi connectivity index (χ4n) is 1.85. The Balaban J connectivity index is 0.00000242. The molecular formula is C16H21ClN2O2S. The van der Waals surface area contributed by atoms with Crippen molar-refractivity contribution in [3.05, 3.63) is 52.2 Å². The Hall–Kier alpha value is -1.56. The Morgan fingerprint density at radius 2 is 2.09 bits per heavy atom. The zero-order chi connectivity index (χ0) is 14.9. The average molecular weight is 341 g/mol. The molecule has 1 aromatic carbocycles. The molecule has 2 rings (SSSR count). The Morgan fingerprint density at radius 3 is 2.82 bits per heavy atom. The van der Waals surface area contributed by atoms with E-state index in [1.807, 2.05) is 36.7 Å². The minimum Gasteiger partial charge on any atom is -0.488 e. The predicted molar refractivity (Wildman–Crippen MR) is 93.2 cm³/mol. The average Bonchev–Trinajstić information content (AvgIpc) is 3.03. The van der Waals surface area contributed by atoms with Gasteiger partial charge in [0.05, 0.1) is 0 Å². The molecule has 0 aliphatic carbocycles. The molecule has 1 heterocycles. The van der Waals surface area contributed by atoms with Gasteiger partial charge in [0.25, 0.3) is 5.91 Å². The van der Waals surface area contributed by atoms with E-state index < -0.39 is 0 Å². The maximum atomic E-state index is 12.0. The number of ether oxygens (including phenoxy) is 1. The highest BCUT2D eigenvalue weighted by atomic mass is 35.5. The second-order valence-corrected chi connectivity index (χ2v) is 5.64. The number of nitrogens with one attached hydrogen (secondary N) is 2. The van der Waals surface area contributed by atoms with Crippen molar-refractivity contribution >= 4 is 29.7 Å². The predicted octanol–water partition coefficient (Wildman–Crippen LogP) is 3.09. The van der Waals surface area contributed by atoms with E-state index in [4.69, 9.17) is 4.74 Å². The number of rotatable bonds is 8. The summed E-state index contributed by atoms with van der Waals surface area (Å²) >= 11 is 1.66. The van der Waals surface area contributed by atoms with E-state index in [1.54, 1.807) is 23.5 Å². The molecule has 4 nitrogen and oxygen atoms in total. The Morgan fingerprint density at radius 1 is 1.23 bits per heavy atom. The molecule has 0 saturated heterocycles. The van der Waals surface area contributed by atoms with Crippen molar-refractivity contribution in [3.8, 4) is 5.75 Å². The minimum atomic E-state index is -0.0623. The van der Waals surface area contributed by atoms with E-state index >= 15 is 0 Å². The first kappa shape index (κ1) is 18.5. The van der Waals surface area contributed by atoms with Crippen molar-refractivity contribution in [1.82, 2.24) is 10.6 Å². The van der Waals surface area contributed by atoms with Crippen LogP contribution in [0.5, 0.6) is 5.75 Å². The Kier molecular flexibility index (Phi) is 8.58. The largest absolute Gasteiger partial charge is 0.488 e. The maximum Gasteiger partial charge on any atom is 0.251 e. The molecule has 0 fully saturated rings. The smallest absolute Gasteiger partial charge is 0.251 e. The molecule has 0 unspecified atom stereocenters. The molecule has 0 radical (unpaired) electrons. The number of hydrogen-bond donors (Lipinski definition) is 2. The standard InChI is InChI=1S/C16H20N2O2S.ClH/c1-17-8-4-9-18-16(19)13-5-2-6-14(11-13)20-12-15-7-3-10-21-15;/h2-3,5-7,10-11,17H,4,8-9,12H2,1H3,(H,18,19);1H. The second kappa shape index (κ2) is 10.2. The van der Waals surface area contributed by atoms with Gasteiger partial charge >= 0.3 is 0 Å². The van der Waals surface area contributed by atoms with Gasteiger partial charge in [-0.15, -0.1) is 23.7 Å². The highest BCUT2D eigenvalue weighted by Gasteiger charge is 2.06. The molecule has 2 aromatic rings. The van der Waals surface area contributed by atoms with Gasteiger partial charge in [-0.1, -0.05) is 12.1 Å². The van der Waals surface area contributed by atoms with Crippen molar-refractivity contribution in [3.63, 3.8) is 0 Å². The van der Waals surface area contributed by atoms with E-state index in [1.165, 1.54) is 0 Å². The lowest BCUT2D eigenvalue weighted by Crippen LogP contribution is -2.26. The molecule has 2 N–H and O–H groups in total. The van der Waals surface area contributed by atoms with Crippen LogP contribution in [0.4, 0.5) is 0 Å². The zero-order valence-electron chi connectivity index (χ0n) is 12.5. The van der Waals surface area contributed by atoms with Gasteiger partial charge in [-0.25, -0.2) is 0 Å². The van der Waals surface area contributed by atoms with Gasteiger partial charge in [-0.3, -0.25) is 4.79 Å². The summed E-state index contributed by atoms with van der Waals surface area (Å²) < 4.78 is 5.70. The number of benzene rings is 1. The van der Waals surface area contributed by atoms with Crippen LogP contribution >= 0.6 is 23.7 Å². The number of carbonyl (C=O) groups excluding carboxylic acids is 1. The zero-order valence-corrected chi connectivity index (χ0v) is 14.1. The van der Waals surface area contributed by atoms with Gasteiger partial charge in [-0.05, 0) is 49.7 Å². The van der Waals surface area contributed by atoms with E-state index in [0.717, 1.165) is 17.8 Å². The molecule has 120 valence electrons.